The largest absolute Gasteiger partial charge is 0.491 e. The fraction of sp³-hybridized carbons (Fsp3) is 0.455. The minimum absolute atomic E-state index is 0.0643. The van der Waals surface area contributed by atoms with Crippen LogP contribution in [0.1, 0.15) is 55.4 Å². The molecule has 5 nitrogen and oxygen atoms in total. The quantitative estimate of drug-likeness (QED) is 0.699. The normalized spacial score (nSPS) is 11.4. The van der Waals surface area contributed by atoms with Gasteiger partial charge in [0.1, 0.15) is 5.75 Å². The van der Waals surface area contributed by atoms with Gasteiger partial charge in [0, 0.05) is 12.0 Å². The van der Waals surface area contributed by atoms with Crippen LogP contribution in [0.3, 0.4) is 0 Å². The first-order valence-electron chi connectivity index (χ1n) is 9.52. The van der Waals surface area contributed by atoms with Crippen molar-refractivity contribution in [1.29, 1.82) is 0 Å². The average Bonchev–Trinajstić information content (AvgIpc) is 2.95. The number of hydrogen-bond acceptors (Lipinski definition) is 4. The van der Waals surface area contributed by atoms with Crippen LogP contribution in [0, 0.1) is 12.3 Å². The number of ether oxygens (including phenoxy) is 1. The predicted octanol–water partition coefficient (Wildman–Crippen LogP) is 4.80. The maximum Gasteiger partial charge on any atom is 0.261 e. The van der Waals surface area contributed by atoms with Gasteiger partial charge in [-0.15, -0.1) is 11.3 Å². The van der Waals surface area contributed by atoms with Gasteiger partial charge in [-0.3, -0.25) is 9.59 Å². The zero-order chi connectivity index (χ0) is 20.9. The summed E-state index contributed by atoms with van der Waals surface area (Å²) in [6.07, 6.45) is 0.892. The monoisotopic (exact) mass is 402 g/mol. The Bertz CT molecular complexity index is 817. The Hall–Kier alpha value is -2.34. The molecule has 2 amide bonds. The number of rotatable bonds is 7. The zero-order valence-electron chi connectivity index (χ0n) is 17.5. The molecule has 0 spiro atoms. The second-order valence-electron chi connectivity index (χ2n) is 8.14. The van der Waals surface area contributed by atoms with E-state index in [-0.39, 0.29) is 17.9 Å². The number of benzene rings is 1. The number of carbonyl (C=O) groups excluding carboxylic acids is 2. The molecule has 0 aliphatic carbocycles. The Kier molecular flexibility index (Phi) is 7.24. The van der Waals surface area contributed by atoms with Crippen molar-refractivity contribution < 1.29 is 14.3 Å². The third kappa shape index (κ3) is 6.37. The topological polar surface area (TPSA) is 67.4 Å². The lowest BCUT2D eigenvalue weighted by Crippen LogP contribution is -2.27. The van der Waals surface area contributed by atoms with Crippen molar-refractivity contribution in [2.45, 2.75) is 54.1 Å². The van der Waals surface area contributed by atoms with E-state index in [1.807, 2.05) is 71.9 Å². The van der Waals surface area contributed by atoms with Gasteiger partial charge in [-0.2, -0.15) is 0 Å². The Morgan fingerprint density at radius 2 is 1.79 bits per heavy atom. The molecule has 0 radical (unpaired) electrons. The molecule has 6 heteroatoms. The van der Waals surface area contributed by atoms with Crippen molar-refractivity contribution in [1.82, 2.24) is 5.32 Å². The van der Waals surface area contributed by atoms with Crippen LogP contribution in [0.15, 0.2) is 30.3 Å². The van der Waals surface area contributed by atoms with E-state index >= 15 is 0 Å². The highest BCUT2D eigenvalue weighted by molar-refractivity contribution is 7.18. The minimum Gasteiger partial charge on any atom is -0.491 e. The molecule has 2 aromatic rings. The summed E-state index contributed by atoms with van der Waals surface area (Å²) in [5.41, 5.74) is 1.52. The molecule has 28 heavy (non-hydrogen) atoms. The molecular weight excluding hydrogens is 372 g/mol. The van der Waals surface area contributed by atoms with Crippen LogP contribution in [0.25, 0.3) is 0 Å². The standard InChI is InChI=1S/C22H30N2O3S/c1-14(2)27-17-9-7-16(8-10-17)11-12-23-20(25)19-15(3)13-18(28-19)24-21(26)22(4,5)6/h7-10,13-14H,11-12H2,1-6H3,(H,23,25)(H,24,26). The van der Waals surface area contributed by atoms with E-state index < -0.39 is 5.41 Å². The van der Waals surface area contributed by atoms with E-state index in [1.165, 1.54) is 11.3 Å². The van der Waals surface area contributed by atoms with Gasteiger partial charge < -0.3 is 15.4 Å². The molecule has 0 saturated heterocycles. The molecule has 0 fully saturated rings. The summed E-state index contributed by atoms with van der Waals surface area (Å²) < 4.78 is 5.64. The molecule has 0 atom stereocenters. The van der Waals surface area contributed by atoms with Gasteiger partial charge in [0.2, 0.25) is 5.91 Å². The van der Waals surface area contributed by atoms with Crippen LogP contribution in [-0.2, 0) is 11.2 Å². The number of hydrogen-bond donors (Lipinski definition) is 2. The third-order valence-electron chi connectivity index (χ3n) is 4.04. The molecule has 2 N–H and O–H groups in total. The van der Waals surface area contributed by atoms with Crippen LogP contribution in [-0.4, -0.2) is 24.5 Å². The maximum atomic E-state index is 12.5. The van der Waals surface area contributed by atoms with Crippen LogP contribution >= 0.6 is 11.3 Å². The average molecular weight is 403 g/mol. The lowest BCUT2D eigenvalue weighted by atomic mass is 9.96. The van der Waals surface area contributed by atoms with Crippen molar-refractivity contribution in [2.75, 3.05) is 11.9 Å². The highest BCUT2D eigenvalue weighted by Crippen LogP contribution is 2.28. The first-order chi connectivity index (χ1) is 13.1. The van der Waals surface area contributed by atoms with Crippen LogP contribution in [0.4, 0.5) is 5.00 Å². The number of nitrogens with one attached hydrogen (secondary N) is 2. The Labute approximate surface area is 171 Å². The molecular formula is C22H30N2O3S. The van der Waals surface area contributed by atoms with E-state index in [0.717, 1.165) is 23.3 Å². The van der Waals surface area contributed by atoms with Gasteiger partial charge in [-0.1, -0.05) is 32.9 Å². The second-order valence-corrected chi connectivity index (χ2v) is 9.20. The summed E-state index contributed by atoms with van der Waals surface area (Å²) in [4.78, 5) is 25.2. The van der Waals surface area contributed by atoms with Crippen molar-refractivity contribution >= 4 is 28.2 Å². The van der Waals surface area contributed by atoms with Crippen molar-refractivity contribution in [3.63, 3.8) is 0 Å². The zero-order valence-corrected chi connectivity index (χ0v) is 18.3. The molecule has 0 unspecified atom stereocenters. The SMILES string of the molecule is Cc1cc(NC(=O)C(C)(C)C)sc1C(=O)NCCc1ccc(OC(C)C)cc1. The van der Waals surface area contributed by atoms with Crippen LogP contribution in [0.5, 0.6) is 5.75 Å². The first-order valence-corrected chi connectivity index (χ1v) is 10.3. The highest BCUT2D eigenvalue weighted by Gasteiger charge is 2.23. The third-order valence-corrected chi connectivity index (χ3v) is 5.19. The molecule has 0 aliphatic heterocycles. The van der Waals surface area contributed by atoms with Gasteiger partial charge in [-0.25, -0.2) is 0 Å². The summed E-state index contributed by atoms with van der Waals surface area (Å²) in [5, 5.41) is 6.54. The van der Waals surface area contributed by atoms with E-state index in [9.17, 15) is 9.59 Å². The summed E-state index contributed by atoms with van der Waals surface area (Å²) in [5.74, 6) is 0.672. The van der Waals surface area contributed by atoms with Gasteiger partial charge in [0.25, 0.3) is 5.91 Å². The highest BCUT2D eigenvalue weighted by atomic mass is 32.1. The van der Waals surface area contributed by atoms with Gasteiger partial charge in [0.15, 0.2) is 0 Å². The predicted molar refractivity (Wildman–Crippen MR) is 115 cm³/mol. The molecule has 1 heterocycles. The van der Waals surface area contributed by atoms with E-state index in [0.29, 0.717) is 16.4 Å². The molecule has 1 aromatic carbocycles. The van der Waals surface area contributed by atoms with E-state index in [2.05, 4.69) is 10.6 Å². The second kappa shape index (κ2) is 9.24. The maximum absolute atomic E-state index is 12.5. The van der Waals surface area contributed by atoms with Crippen LogP contribution in [0.2, 0.25) is 0 Å². The summed E-state index contributed by atoms with van der Waals surface area (Å²) in [6.45, 7) is 12.0. The number of thiophene rings is 1. The number of carbonyl (C=O) groups is 2. The molecule has 2 rings (SSSR count). The molecule has 0 saturated carbocycles. The molecule has 0 bridgehead atoms. The lowest BCUT2D eigenvalue weighted by molar-refractivity contribution is -0.123. The fourth-order valence-corrected chi connectivity index (χ4v) is 3.46. The molecule has 1 aromatic heterocycles. The molecule has 152 valence electrons. The van der Waals surface area contributed by atoms with Crippen LogP contribution < -0.4 is 15.4 Å². The first kappa shape index (κ1) is 22.0. The number of anilines is 1. The summed E-state index contributed by atoms with van der Waals surface area (Å²) in [7, 11) is 0. The Morgan fingerprint density at radius 1 is 1.14 bits per heavy atom. The Morgan fingerprint density at radius 3 is 2.36 bits per heavy atom. The lowest BCUT2D eigenvalue weighted by Gasteiger charge is -2.16. The fourth-order valence-electron chi connectivity index (χ4n) is 2.48. The van der Waals surface area contributed by atoms with E-state index in [1.54, 1.807) is 0 Å². The van der Waals surface area contributed by atoms with Crippen molar-refractivity contribution in [2.24, 2.45) is 5.41 Å². The Balaban J connectivity index is 1.88. The summed E-state index contributed by atoms with van der Waals surface area (Å²) in [6, 6.07) is 9.77. The summed E-state index contributed by atoms with van der Waals surface area (Å²) >= 11 is 1.31. The van der Waals surface area contributed by atoms with Crippen molar-refractivity contribution in [3.05, 3.63) is 46.3 Å². The number of amides is 2. The van der Waals surface area contributed by atoms with Gasteiger partial charge in [-0.05, 0) is 56.5 Å². The molecule has 0 aliphatic rings. The smallest absolute Gasteiger partial charge is 0.261 e. The van der Waals surface area contributed by atoms with E-state index in [4.69, 9.17) is 4.74 Å². The number of aryl methyl sites for hydroxylation is 1. The van der Waals surface area contributed by atoms with Gasteiger partial charge in [0.05, 0.1) is 16.0 Å². The minimum atomic E-state index is -0.476. The van der Waals surface area contributed by atoms with Gasteiger partial charge >= 0.3 is 0 Å². The van der Waals surface area contributed by atoms with Crippen molar-refractivity contribution in [3.8, 4) is 5.75 Å².